The van der Waals surface area contributed by atoms with Crippen molar-refractivity contribution in [1.82, 2.24) is 0 Å². The lowest BCUT2D eigenvalue weighted by atomic mass is 9.83. The number of aryl methyl sites for hydroxylation is 1. The summed E-state index contributed by atoms with van der Waals surface area (Å²) < 4.78 is 0. The van der Waals surface area contributed by atoms with Crippen molar-refractivity contribution >= 4 is 11.3 Å². The number of benzene rings is 1. The minimum Gasteiger partial charge on any atom is -0.253 e. The minimum absolute atomic E-state index is 0.872. The molecule has 1 heteroatoms. The molecule has 0 saturated carbocycles. The van der Waals surface area contributed by atoms with Gasteiger partial charge in [-0.25, -0.2) is 0 Å². The first kappa shape index (κ1) is 17.4. The van der Waals surface area contributed by atoms with Crippen LogP contribution in [0.25, 0.3) is 5.57 Å². The summed E-state index contributed by atoms with van der Waals surface area (Å²) in [5.41, 5.74) is 9.83. The molecule has 0 aliphatic heterocycles. The molecule has 0 amide bonds. The van der Waals surface area contributed by atoms with Crippen LogP contribution in [-0.4, -0.2) is 5.71 Å². The highest BCUT2D eigenvalue weighted by Crippen LogP contribution is 2.35. The maximum Gasteiger partial charge on any atom is 0.0630 e. The molecule has 0 unspecified atom stereocenters. The van der Waals surface area contributed by atoms with Gasteiger partial charge in [-0.05, 0) is 79.9 Å². The van der Waals surface area contributed by atoms with Crippen LogP contribution >= 0.6 is 0 Å². The van der Waals surface area contributed by atoms with E-state index < -0.39 is 0 Å². The quantitative estimate of drug-likeness (QED) is 0.542. The smallest absolute Gasteiger partial charge is 0.0630 e. The SMILES string of the molecule is C=C(/N=C(\C)C1=C(c2ccccc2C)C(C)=CCC1)C1=CCCC=C1. The van der Waals surface area contributed by atoms with Crippen LogP contribution in [0.1, 0.15) is 50.7 Å². The maximum absolute atomic E-state index is 4.88. The third-order valence-electron chi connectivity index (χ3n) is 5.02. The standard InChI is InChI=1S/C24H27N/c1-17-11-8-9-15-22(17)24-18(2)12-10-16-23(24)20(4)25-19(3)21-13-6-5-7-14-21/h6,8-9,11-15H,3,5,7,10,16H2,1-2,4H3/b25-20+. The summed E-state index contributed by atoms with van der Waals surface area (Å²) >= 11 is 0. The monoisotopic (exact) mass is 329 g/mol. The molecule has 0 aromatic heterocycles. The van der Waals surface area contributed by atoms with Crippen LogP contribution in [-0.2, 0) is 0 Å². The summed E-state index contributed by atoms with van der Waals surface area (Å²) in [6.07, 6.45) is 13.3. The van der Waals surface area contributed by atoms with Gasteiger partial charge < -0.3 is 0 Å². The Bertz CT molecular complexity index is 841. The number of rotatable bonds is 4. The average Bonchev–Trinajstić information content (AvgIpc) is 2.63. The largest absolute Gasteiger partial charge is 0.253 e. The minimum atomic E-state index is 0.872. The second-order valence-corrected chi connectivity index (χ2v) is 6.88. The van der Waals surface area contributed by atoms with Crippen LogP contribution in [0.5, 0.6) is 0 Å². The molecule has 3 rings (SSSR count). The second kappa shape index (κ2) is 7.65. The summed E-state index contributed by atoms with van der Waals surface area (Å²) in [6.45, 7) is 10.7. The van der Waals surface area contributed by atoms with E-state index in [4.69, 9.17) is 4.99 Å². The van der Waals surface area contributed by atoms with Crippen molar-refractivity contribution < 1.29 is 0 Å². The molecule has 2 aliphatic rings. The lowest BCUT2D eigenvalue weighted by Crippen LogP contribution is -2.08. The van der Waals surface area contributed by atoms with Gasteiger partial charge in [-0.3, -0.25) is 4.99 Å². The van der Waals surface area contributed by atoms with Crippen molar-refractivity contribution in [3.8, 4) is 0 Å². The summed E-state index contributed by atoms with van der Waals surface area (Å²) in [4.78, 5) is 4.88. The topological polar surface area (TPSA) is 12.4 Å². The highest BCUT2D eigenvalue weighted by molar-refractivity contribution is 6.08. The molecule has 25 heavy (non-hydrogen) atoms. The first-order valence-corrected chi connectivity index (χ1v) is 9.16. The Balaban J connectivity index is 2.03. The zero-order valence-electron chi connectivity index (χ0n) is 15.6. The van der Waals surface area contributed by atoms with Crippen LogP contribution in [0.2, 0.25) is 0 Å². The van der Waals surface area contributed by atoms with E-state index in [9.17, 15) is 0 Å². The van der Waals surface area contributed by atoms with Gasteiger partial charge in [0.2, 0.25) is 0 Å². The van der Waals surface area contributed by atoms with E-state index in [1.807, 2.05) is 0 Å². The Morgan fingerprint density at radius 1 is 1.04 bits per heavy atom. The van der Waals surface area contributed by atoms with Crippen LogP contribution < -0.4 is 0 Å². The van der Waals surface area contributed by atoms with Crippen molar-refractivity contribution in [3.05, 3.63) is 88.7 Å². The highest BCUT2D eigenvalue weighted by Gasteiger charge is 2.18. The van der Waals surface area contributed by atoms with Gasteiger partial charge in [0.05, 0.1) is 5.70 Å². The molecule has 0 atom stereocenters. The van der Waals surface area contributed by atoms with E-state index in [1.165, 1.54) is 27.8 Å². The lowest BCUT2D eigenvalue weighted by molar-refractivity contribution is 0.986. The number of allylic oxidation sites excluding steroid dienone is 7. The molecule has 128 valence electrons. The molecule has 0 bridgehead atoms. The van der Waals surface area contributed by atoms with Crippen LogP contribution in [0.3, 0.4) is 0 Å². The number of hydrogen-bond acceptors (Lipinski definition) is 1. The van der Waals surface area contributed by atoms with Gasteiger partial charge in [-0.1, -0.05) is 55.1 Å². The molecule has 0 N–H and O–H groups in total. The Labute approximate surface area is 151 Å². The summed E-state index contributed by atoms with van der Waals surface area (Å²) in [7, 11) is 0. The fourth-order valence-electron chi connectivity index (χ4n) is 3.65. The van der Waals surface area contributed by atoms with Gasteiger partial charge in [0.1, 0.15) is 0 Å². The van der Waals surface area contributed by atoms with Crippen LogP contribution in [0, 0.1) is 6.92 Å². The Hall–Kier alpha value is -2.41. The number of aliphatic imine (C=N–C) groups is 1. The molecule has 0 radical (unpaired) electrons. The first-order valence-electron chi connectivity index (χ1n) is 9.16. The predicted molar refractivity (Wildman–Crippen MR) is 110 cm³/mol. The van der Waals surface area contributed by atoms with Crippen LogP contribution in [0.4, 0.5) is 0 Å². The molecule has 1 aromatic carbocycles. The molecular weight excluding hydrogens is 302 g/mol. The number of nitrogens with zero attached hydrogens (tertiary/aromatic N) is 1. The summed E-state index contributed by atoms with van der Waals surface area (Å²) in [5.74, 6) is 0. The fraction of sp³-hybridized carbons (Fsp3) is 0.292. The van der Waals surface area contributed by atoms with E-state index in [0.717, 1.165) is 42.7 Å². The Kier molecular flexibility index (Phi) is 5.33. The highest BCUT2D eigenvalue weighted by atomic mass is 14.8. The summed E-state index contributed by atoms with van der Waals surface area (Å²) in [6, 6.07) is 8.64. The zero-order valence-corrected chi connectivity index (χ0v) is 15.6. The second-order valence-electron chi connectivity index (χ2n) is 6.88. The predicted octanol–water partition coefficient (Wildman–Crippen LogP) is 6.74. The molecule has 0 saturated heterocycles. The van der Waals surface area contributed by atoms with Crippen molar-refractivity contribution in [3.63, 3.8) is 0 Å². The third-order valence-corrected chi connectivity index (χ3v) is 5.02. The van der Waals surface area contributed by atoms with E-state index >= 15 is 0 Å². The van der Waals surface area contributed by atoms with Crippen molar-refractivity contribution in [1.29, 1.82) is 0 Å². The van der Waals surface area contributed by atoms with Crippen LogP contribution in [0.15, 0.2) is 82.6 Å². The fourth-order valence-corrected chi connectivity index (χ4v) is 3.65. The molecule has 1 aromatic rings. The normalized spacial score (nSPS) is 18.1. The molecule has 0 heterocycles. The van der Waals surface area contributed by atoms with Crippen molar-refractivity contribution in [2.75, 3.05) is 0 Å². The van der Waals surface area contributed by atoms with E-state index in [-0.39, 0.29) is 0 Å². The van der Waals surface area contributed by atoms with Gasteiger partial charge in [0, 0.05) is 5.71 Å². The number of hydrogen-bond donors (Lipinski definition) is 0. The first-order chi connectivity index (χ1) is 12.1. The zero-order chi connectivity index (χ0) is 17.8. The molecule has 1 nitrogen and oxygen atoms in total. The third kappa shape index (κ3) is 3.82. The van der Waals surface area contributed by atoms with E-state index in [0.29, 0.717) is 0 Å². The summed E-state index contributed by atoms with van der Waals surface area (Å²) in [5, 5.41) is 0. The van der Waals surface area contributed by atoms with Crippen molar-refractivity contribution in [2.24, 2.45) is 4.99 Å². The van der Waals surface area contributed by atoms with Gasteiger partial charge in [-0.15, -0.1) is 0 Å². The molecule has 0 spiro atoms. The Morgan fingerprint density at radius 2 is 1.84 bits per heavy atom. The van der Waals surface area contributed by atoms with E-state index in [2.05, 4.69) is 75.9 Å². The van der Waals surface area contributed by atoms with Gasteiger partial charge in [0.25, 0.3) is 0 Å². The van der Waals surface area contributed by atoms with Gasteiger partial charge in [-0.2, -0.15) is 0 Å². The molecular formula is C24H27N. The molecule has 0 fully saturated rings. The molecule has 2 aliphatic carbocycles. The van der Waals surface area contributed by atoms with E-state index in [1.54, 1.807) is 0 Å². The Morgan fingerprint density at radius 3 is 2.56 bits per heavy atom. The average molecular weight is 329 g/mol. The maximum atomic E-state index is 4.88. The van der Waals surface area contributed by atoms with Crippen molar-refractivity contribution in [2.45, 2.75) is 46.5 Å². The van der Waals surface area contributed by atoms with Gasteiger partial charge in [0.15, 0.2) is 0 Å². The lowest BCUT2D eigenvalue weighted by Gasteiger charge is -2.22. The van der Waals surface area contributed by atoms with Gasteiger partial charge >= 0.3 is 0 Å².